The Balaban J connectivity index is 1.49. The van der Waals surface area contributed by atoms with E-state index in [0.717, 1.165) is 18.6 Å². The summed E-state index contributed by atoms with van der Waals surface area (Å²) in [7, 11) is 0. The molecule has 2 rings (SSSR count). The van der Waals surface area contributed by atoms with Gasteiger partial charge in [0.2, 0.25) is 0 Å². The maximum Gasteiger partial charge on any atom is 0.160 e. The van der Waals surface area contributed by atoms with Crippen molar-refractivity contribution in [3.05, 3.63) is 29.8 Å². The van der Waals surface area contributed by atoms with Crippen LogP contribution < -0.4 is 10.1 Å². The zero-order valence-corrected chi connectivity index (χ0v) is 18.0. The largest absolute Gasteiger partial charge is 0.494 e. The zero-order valence-electron chi connectivity index (χ0n) is 18.0. The molecule has 1 saturated carbocycles. The van der Waals surface area contributed by atoms with Crippen LogP contribution in [0.25, 0.3) is 0 Å². The molecule has 158 valence electrons. The lowest BCUT2D eigenvalue weighted by atomic mass is 10.0. The van der Waals surface area contributed by atoms with Gasteiger partial charge in [-0.3, -0.25) is 4.79 Å². The van der Waals surface area contributed by atoms with Crippen molar-refractivity contribution in [2.45, 2.75) is 65.0 Å². The Bertz CT molecular complexity index is 579. The average molecular weight is 392 g/mol. The number of nitrogens with one attached hydrogen (secondary N) is 1. The van der Waals surface area contributed by atoms with Gasteiger partial charge in [-0.1, -0.05) is 39.8 Å². The van der Waals surface area contributed by atoms with E-state index in [1.807, 2.05) is 13.8 Å². The molecule has 0 aromatic heterocycles. The van der Waals surface area contributed by atoms with Crippen LogP contribution in [-0.2, 0) is 19.8 Å². The number of ketones is 1. The molecule has 1 fully saturated rings. The van der Waals surface area contributed by atoms with Gasteiger partial charge in [-0.15, -0.1) is 0 Å². The molecular weight excluding hydrogens is 354 g/mol. The number of carbonyl (C=O) groups excluding carboxylic acids is 1. The fraction of sp³-hybridized carbons (Fsp3) is 0.696. The number of hydrogen-bond donors (Lipinski definition) is 1. The van der Waals surface area contributed by atoms with Crippen LogP contribution in [-0.4, -0.2) is 44.9 Å². The van der Waals surface area contributed by atoms with Crippen LogP contribution in [0.3, 0.4) is 0 Å². The van der Waals surface area contributed by atoms with E-state index < -0.39 is 0 Å². The van der Waals surface area contributed by atoms with E-state index in [-0.39, 0.29) is 23.8 Å². The van der Waals surface area contributed by atoms with Gasteiger partial charge < -0.3 is 19.5 Å². The number of hydrogen-bond acceptors (Lipinski definition) is 5. The van der Waals surface area contributed by atoms with Gasteiger partial charge in [0, 0.05) is 43.7 Å². The quantitative estimate of drug-likeness (QED) is 0.456. The molecule has 0 amide bonds. The van der Waals surface area contributed by atoms with E-state index in [9.17, 15) is 4.79 Å². The van der Waals surface area contributed by atoms with Gasteiger partial charge in [0.25, 0.3) is 0 Å². The van der Waals surface area contributed by atoms with Gasteiger partial charge in [-0.05, 0) is 37.0 Å². The van der Waals surface area contributed by atoms with Crippen LogP contribution in [0.4, 0.5) is 0 Å². The van der Waals surface area contributed by atoms with Crippen molar-refractivity contribution in [2.24, 2.45) is 5.92 Å². The highest BCUT2D eigenvalue weighted by Gasteiger charge is 2.44. The summed E-state index contributed by atoms with van der Waals surface area (Å²) in [5.41, 5.74) is 1.54. The summed E-state index contributed by atoms with van der Waals surface area (Å²) in [4.78, 5) is 11.4. The Morgan fingerprint density at radius 2 is 1.57 bits per heavy atom. The molecule has 1 aliphatic rings. The van der Waals surface area contributed by atoms with Crippen LogP contribution in [0.5, 0.6) is 5.75 Å². The smallest absolute Gasteiger partial charge is 0.160 e. The first-order chi connectivity index (χ1) is 13.4. The molecule has 0 heterocycles. The number of carbonyl (C=O) groups is 1. The Morgan fingerprint density at radius 1 is 0.964 bits per heavy atom. The Morgan fingerprint density at radius 3 is 2.14 bits per heavy atom. The van der Waals surface area contributed by atoms with Gasteiger partial charge in [-0.2, -0.15) is 0 Å². The van der Waals surface area contributed by atoms with Crippen molar-refractivity contribution in [3.63, 3.8) is 0 Å². The molecule has 0 atom stereocenters. The molecule has 1 aliphatic carbocycles. The predicted molar refractivity (Wildman–Crippen MR) is 112 cm³/mol. The van der Waals surface area contributed by atoms with Crippen molar-refractivity contribution in [3.8, 4) is 5.75 Å². The molecule has 5 nitrogen and oxygen atoms in total. The lowest BCUT2D eigenvalue weighted by Crippen LogP contribution is -2.34. The maximum absolute atomic E-state index is 11.4. The highest BCUT2D eigenvalue weighted by molar-refractivity contribution is 5.81. The topological polar surface area (TPSA) is 56.8 Å². The first-order valence-corrected chi connectivity index (χ1v) is 10.6. The first-order valence-electron chi connectivity index (χ1n) is 10.6. The van der Waals surface area contributed by atoms with Crippen LogP contribution in [0.15, 0.2) is 24.3 Å². The normalized spacial score (nSPS) is 15.2. The molecule has 28 heavy (non-hydrogen) atoms. The number of rotatable bonds is 15. The summed E-state index contributed by atoms with van der Waals surface area (Å²) < 4.78 is 16.7. The number of Topliss-reactive ketones (excluding diaryl/α,β-unsaturated/α-hetero) is 1. The van der Waals surface area contributed by atoms with Crippen LogP contribution in [0.1, 0.15) is 58.9 Å². The molecule has 5 heteroatoms. The molecule has 0 bridgehead atoms. The minimum atomic E-state index is 0.0407. The monoisotopic (exact) mass is 391 g/mol. The molecule has 0 saturated heterocycles. The summed E-state index contributed by atoms with van der Waals surface area (Å²) in [6, 6.07) is 8.98. The third-order valence-electron chi connectivity index (χ3n) is 4.89. The van der Waals surface area contributed by atoms with Gasteiger partial charge in [0.05, 0.1) is 6.61 Å². The highest BCUT2D eigenvalue weighted by atomic mass is 16.5. The SMILES string of the molecule is CC(C)NC1(c2ccc(OCCCOCCCOCC(=O)C(C)C)cc2)CC1. The fourth-order valence-corrected chi connectivity index (χ4v) is 3.12. The lowest BCUT2D eigenvalue weighted by Gasteiger charge is -2.21. The Labute approximate surface area is 170 Å². The molecule has 0 radical (unpaired) electrons. The van der Waals surface area contributed by atoms with E-state index in [2.05, 4.69) is 43.4 Å². The van der Waals surface area contributed by atoms with E-state index in [1.165, 1.54) is 18.4 Å². The summed E-state index contributed by atoms with van der Waals surface area (Å²) in [6.45, 7) is 10.9. The first kappa shape index (κ1) is 22.9. The summed E-state index contributed by atoms with van der Waals surface area (Å²) in [6.07, 6.45) is 4.08. The molecule has 0 aliphatic heterocycles. The van der Waals surface area contributed by atoms with Crippen molar-refractivity contribution in [1.29, 1.82) is 0 Å². The zero-order chi connectivity index (χ0) is 20.4. The molecule has 1 N–H and O–H groups in total. The van der Waals surface area contributed by atoms with Gasteiger partial charge in [0.15, 0.2) is 5.78 Å². The maximum atomic E-state index is 11.4. The highest BCUT2D eigenvalue weighted by Crippen LogP contribution is 2.46. The van der Waals surface area contributed by atoms with Crippen LogP contribution in [0, 0.1) is 5.92 Å². The van der Waals surface area contributed by atoms with Crippen LogP contribution in [0.2, 0.25) is 0 Å². The molecule has 0 spiro atoms. The Hall–Kier alpha value is -1.43. The molecule has 1 aromatic rings. The van der Waals surface area contributed by atoms with E-state index in [1.54, 1.807) is 0 Å². The van der Waals surface area contributed by atoms with Gasteiger partial charge in [-0.25, -0.2) is 0 Å². The van der Waals surface area contributed by atoms with Gasteiger partial charge >= 0.3 is 0 Å². The second kappa shape index (κ2) is 11.5. The Kier molecular flexibility index (Phi) is 9.42. The van der Waals surface area contributed by atoms with Crippen molar-refractivity contribution in [2.75, 3.05) is 33.0 Å². The third-order valence-corrected chi connectivity index (χ3v) is 4.89. The summed E-state index contributed by atoms with van der Waals surface area (Å²) >= 11 is 0. The third kappa shape index (κ3) is 7.90. The molecule has 0 unspecified atom stereocenters. The number of ether oxygens (including phenoxy) is 3. The summed E-state index contributed by atoms with van der Waals surface area (Å²) in [5.74, 6) is 1.10. The van der Waals surface area contributed by atoms with Crippen LogP contribution >= 0.6 is 0 Å². The van der Waals surface area contributed by atoms with E-state index >= 15 is 0 Å². The second-order valence-corrected chi connectivity index (χ2v) is 8.25. The van der Waals surface area contributed by atoms with Crippen molar-refractivity contribution >= 4 is 5.78 Å². The number of benzene rings is 1. The predicted octanol–water partition coefficient (Wildman–Crippen LogP) is 4.09. The molecular formula is C23H37NO4. The van der Waals surface area contributed by atoms with E-state index in [4.69, 9.17) is 14.2 Å². The van der Waals surface area contributed by atoms with Crippen molar-refractivity contribution < 1.29 is 19.0 Å². The molecule has 1 aromatic carbocycles. The lowest BCUT2D eigenvalue weighted by molar-refractivity contribution is -0.126. The minimum absolute atomic E-state index is 0.0407. The minimum Gasteiger partial charge on any atom is -0.494 e. The van der Waals surface area contributed by atoms with E-state index in [0.29, 0.717) is 32.5 Å². The second-order valence-electron chi connectivity index (χ2n) is 8.25. The fourth-order valence-electron chi connectivity index (χ4n) is 3.12. The standard InChI is InChI=1S/C23H37NO4/c1-18(2)22(25)17-27-15-5-13-26-14-6-16-28-21-9-7-20(8-10-21)23(11-12-23)24-19(3)4/h7-10,18-19,24H,5-6,11-17H2,1-4H3. The van der Waals surface area contributed by atoms with Crippen molar-refractivity contribution in [1.82, 2.24) is 5.32 Å². The average Bonchev–Trinajstić information content (AvgIpc) is 3.43. The summed E-state index contributed by atoms with van der Waals surface area (Å²) in [5, 5.41) is 3.68. The van der Waals surface area contributed by atoms with Gasteiger partial charge in [0.1, 0.15) is 12.4 Å².